The Kier molecular flexibility index (Phi) is 3.42. The van der Waals surface area contributed by atoms with E-state index in [1.165, 1.54) is 4.90 Å². The average Bonchev–Trinajstić information content (AvgIpc) is 2.97. The van der Waals surface area contributed by atoms with Gasteiger partial charge in [-0.25, -0.2) is 4.98 Å². The molecule has 3 heterocycles. The van der Waals surface area contributed by atoms with E-state index in [0.29, 0.717) is 28.3 Å². The zero-order chi connectivity index (χ0) is 17.6. The molecule has 7 nitrogen and oxygen atoms in total. The number of carbonyl (C=O) groups excluding carboxylic acids is 2. The number of benzene rings is 1. The van der Waals surface area contributed by atoms with Gasteiger partial charge in [-0.15, -0.1) is 0 Å². The zero-order valence-corrected chi connectivity index (χ0v) is 13.8. The van der Waals surface area contributed by atoms with Crippen LogP contribution in [0.3, 0.4) is 0 Å². The maximum absolute atomic E-state index is 12.5. The molecule has 1 aliphatic heterocycles. The molecule has 0 fully saturated rings. The zero-order valence-electron chi connectivity index (χ0n) is 13.8. The molecule has 0 radical (unpaired) electrons. The number of carbonyl (C=O) groups is 2. The standard InChI is InChI=1S/C18H16N4O3/c1-11-9-22-6-5-12(7-16(22)19-11)18(24)20-13-3-4-15-14(8-13)21(2)17(23)10-25-15/h3-9H,10H2,1-2H3,(H,20,24). The first-order chi connectivity index (χ1) is 12.0. The van der Waals surface area contributed by atoms with Crippen LogP contribution in [0.25, 0.3) is 5.65 Å². The highest BCUT2D eigenvalue weighted by Crippen LogP contribution is 2.33. The molecule has 7 heteroatoms. The summed E-state index contributed by atoms with van der Waals surface area (Å²) >= 11 is 0. The van der Waals surface area contributed by atoms with Gasteiger partial charge in [-0.05, 0) is 37.3 Å². The molecule has 0 bridgehead atoms. The summed E-state index contributed by atoms with van der Waals surface area (Å²) < 4.78 is 7.25. The Balaban J connectivity index is 1.60. The van der Waals surface area contributed by atoms with E-state index in [9.17, 15) is 9.59 Å². The molecular weight excluding hydrogens is 320 g/mol. The van der Waals surface area contributed by atoms with Gasteiger partial charge in [0, 0.05) is 30.7 Å². The number of pyridine rings is 1. The predicted octanol–water partition coefficient (Wildman–Crippen LogP) is 2.25. The van der Waals surface area contributed by atoms with Gasteiger partial charge in [0.1, 0.15) is 11.4 Å². The molecule has 1 aromatic carbocycles. The van der Waals surface area contributed by atoms with Crippen molar-refractivity contribution in [3.05, 3.63) is 54.0 Å². The quantitative estimate of drug-likeness (QED) is 0.779. The second kappa shape index (κ2) is 5.62. The van der Waals surface area contributed by atoms with Crippen molar-refractivity contribution in [2.75, 3.05) is 23.9 Å². The van der Waals surface area contributed by atoms with Crippen LogP contribution in [-0.4, -0.2) is 34.9 Å². The van der Waals surface area contributed by atoms with Gasteiger partial charge in [0.25, 0.3) is 11.8 Å². The van der Waals surface area contributed by atoms with Crippen LogP contribution in [-0.2, 0) is 4.79 Å². The van der Waals surface area contributed by atoms with Crippen LogP contribution in [0.2, 0.25) is 0 Å². The first kappa shape index (κ1) is 15.2. The molecule has 2 amide bonds. The molecule has 0 saturated heterocycles. The van der Waals surface area contributed by atoms with E-state index in [2.05, 4.69) is 10.3 Å². The highest BCUT2D eigenvalue weighted by molar-refractivity contribution is 6.05. The number of ether oxygens (including phenoxy) is 1. The summed E-state index contributed by atoms with van der Waals surface area (Å²) in [5, 5.41) is 2.85. The lowest BCUT2D eigenvalue weighted by molar-refractivity contribution is -0.120. The van der Waals surface area contributed by atoms with Crippen molar-refractivity contribution >= 4 is 28.8 Å². The number of aryl methyl sites for hydroxylation is 1. The number of anilines is 2. The molecule has 0 spiro atoms. The number of amides is 2. The summed E-state index contributed by atoms with van der Waals surface area (Å²) in [4.78, 5) is 30.1. The van der Waals surface area contributed by atoms with Gasteiger partial charge in [0.2, 0.25) is 0 Å². The number of hydrogen-bond acceptors (Lipinski definition) is 4. The molecular formula is C18H16N4O3. The first-order valence-corrected chi connectivity index (χ1v) is 7.81. The van der Waals surface area contributed by atoms with Crippen LogP contribution >= 0.6 is 0 Å². The molecule has 126 valence electrons. The van der Waals surface area contributed by atoms with E-state index < -0.39 is 0 Å². The third kappa shape index (κ3) is 2.69. The Morgan fingerprint density at radius 1 is 1.28 bits per heavy atom. The second-order valence-electron chi connectivity index (χ2n) is 5.94. The van der Waals surface area contributed by atoms with Gasteiger partial charge >= 0.3 is 0 Å². The van der Waals surface area contributed by atoms with Crippen molar-refractivity contribution in [1.82, 2.24) is 9.38 Å². The van der Waals surface area contributed by atoms with Gasteiger partial charge in [0.05, 0.1) is 11.4 Å². The van der Waals surface area contributed by atoms with Gasteiger partial charge in [-0.1, -0.05) is 0 Å². The maximum atomic E-state index is 12.5. The van der Waals surface area contributed by atoms with E-state index in [-0.39, 0.29) is 18.4 Å². The van der Waals surface area contributed by atoms with Crippen LogP contribution in [0.5, 0.6) is 5.75 Å². The monoisotopic (exact) mass is 336 g/mol. The first-order valence-electron chi connectivity index (χ1n) is 7.81. The number of likely N-dealkylation sites (N-methyl/N-ethyl adjacent to an activating group) is 1. The normalized spacial score (nSPS) is 13.5. The minimum Gasteiger partial charge on any atom is -0.482 e. The smallest absolute Gasteiger partial charge is 0.264 e. The molecule has 3 aromatic rings. The lowest BCUT2D eigenvalue weighted by Crippen LogP contribution is -2.35. The fraction of sp³-hybridized carbons (Fsp3) is 0.167. The fourth-order valence-electron chi connectivity index (χ4n) is 2.80. The van der Waals surface area contributed by atoms with Crippen molar-refractivity contribution < 1.29 is 14.3 Å². The Morgan fingerprint density at radius 2 is 2.12 bits per heavy atom. The molecule has 1 N–H and O–H groups in total. The molecule has 0 saturated carbocycles. The Bertz CT molecular complexity index is 1010. The average molecular weight is 336 g/mol. The van der Waals surface area contributed by atoms with Crippen molar-refractivity contribution in [1.29, 1.82) is 0 Å². The fourth-order valence-corrected chi connectivity index (χ4v) is 2.80. The minimum atomic E-state index is -0.242. The van der Waals surface area contributed by atoms with E-state index >= 15 is 0 Å². The minimum absolute atomic E-state index is 0.0267. The summed E-state index contributed by atoms with van der Waals surface area (Å²) in [6.45, 7) is 1.93. The van der Waals surface area contributed by atoms with Crippen LogP contribution in [0.4, 0.5) is 11.4 Å². The predicted molar refractivity (Wildman–Crippen MR) is 93.2 cm³/mol. The third-order valence-electron chi connectivity index (χ3n) is 4.15. The molecule has 0 atom stereocenters. The van der Waals surface area contributed by atoms with Gasteiger partial charge in [0.15, 0.2) is 6.61 Å². The summed E-state index contributed by atoms with van der Waals surface area (Å²) in [5.41, 5.74) is 3.34. The lowest BCUT2D eigenvalue weighted by Gasteiger charge is -2.26. The number of aromatic nitrogens is 2. The molecule has 0 unspecified atom stereocenters. The van der Waals surface area contributed by atoms with Crippen molar-refractivity contribution in [3.8, 4) is 5.75 Å². The van der Waals surface area contributed by atoms with Gasteiger partial charge in [-0.3, -0.25) is 9.59 Å². The van der Waals surface area contributed by atoms with Crippen molar-refractivity contribution in [3.63, 3.8) is 0 Å². The SMILES string of the molecule is Cc1cn2ccc(C(=O)Nc3ccc4c(c3)N(C)C(=O)CO4)cc2n1. The topological polar surface area (TPSA) is 75.9 Å². The number of nitrogens with one attached hydrogen (secondary N) is 1. The molecule has 2 aromatic heterocycles. The van der Waals surface area contributed by atoms with Crippen molar-refractivity contribution in [2.24, 2.45) is 0 Å². The van der Waals surface area contributed by atoms with Gasteiger partial charge in [-0.2, -0.15) is 0 Å². The summed E-state index contributed by atoms with van der Waals surface area (Å²) in [7, 11) is 1.68. The van der Waals surface area contributed by atoms with E-state index in [1.54, 1.807) is 43.6 Å². The van der Waals surface area contributed by atoms with Crippen molar-refractivity contribution in [2.45, 2.75) is 6.92 Å². The Morgan fingerprint density at radius 3 is 2.96 bits per heavy atom. The highest BCUT2D eigenvalue weighted by atomic mass is 16.5. The number of nitrogens with zero attached hydrogens (tertiary/aromatic N) is 3. The van der Waals surface area contributed by atoms with Gasteiger partial charge < -0.3 is 19.4 Å². The number of fused-ring (bicyclic) bond motifs is 2. The Labute approximate surface area is 143 Å². The molecule has 4 rings (SSSR count). The van der Waals surface area contributed by atoms with Crippen LogP contribution in [0, 0.1) is 6.92 Å². The van der Waals surface area contributed by atoms with Crippen LogP contribution in [0.15, 0.2) is 42.7 Å². The second-order valence-corrected chi connectivity index (χ2v) is 5.94. The van der Waals surface area contributed by atoms with E-state index in [4.69, 9.17) is 4.74 Å². The Hall–Kier alpha value is -3.35. The molecule has 25 heavy (non-hydrogen) atoms. The number of hydrogen-bond donors (Lipinski definition) is 1. The summed E-state index contributed by atoms with van der Waals surface area (Å²) in [5.74, 6) is 0.249. The molecule has 1 aliphatic rings. The van der Waals surface area contributed by atoms with E-state index in [1.807, 2.05) is 17.5 Å². The van der Waals surface area contributed by atoms with Crippen LogP contribution < -0.4 is 15.0 Å². The number of imidazole rings is 1. The lowest BCUT2D eigenvalue weighted by atomic mass is 10.2. The summed E-state index contributed by atoms with van der Waals surface area (Å²) in [6, 6.07) is 8.69. The molecule has 0 aliphatic carbocycles. The third-order valence-corrected chi connectivity index (χ3v) is 4.15. The highest BCUT2D eigenvalue weighted by Gasteiger charge is 2.22. The number of rotatable bonds is 2. The largest absolute Gasteiger partial charge is 0.482 e. The van der Waals surface area contributed by atoms with Crippen LogP contribution in [0.1, 0.15) is 16.1 Å². The maximum Gasteiger partial charge on any atom is 0.264 e. The summed E-state index contributed by atoms with van der Waals surface area (Å²) in [6.07, 6.45) is 3.70. The van der Waals surface area contributed by atoms with E-state index in [0.717, 1.165) is 5.69 Å².